The van der Waals surface area contributed by atoms with Crippen LogP contribution in [-0.4, -0.2) is 82.0 Å². The summed E-state index contributed by atoms with van der Waals surface area (Å²) in [5.41, 5.74) is -0.154. The number of esters is 1. The lowest BCUT2D eigenvalue weighted by atomic mass is 9.70. The first-order chi connectivity index (χ1) is 22.6. The van der Waals surface area contributed by atoms with E-state index in [-0.39, 0.29) is 36.7 Å². The summed E-state index contributed by atoms with van der Waals surface area (Å²) in [4.78, 5) is 58.1. The third-order valence-corrected chi connectivity index (χ3v) is 10.3. The summed E-state index contributed by atoms with van der Waals surface area (Å²) in [5.74, 6) is -3.85. The van der Waals surface area contributed by atoms with Crippen molar-refractivity contribution in [3.63, 3.8) is 0 Å². The molecule has 3 aliphatic rings. The fraction of sp³-hybridized carbons (Fsp3) is 0.429. The summed E-state index contributed by atoms with van der Waals surface area (Å²) in [6, 6.07) is 13.9. The number of nitrogens with one attached hydrogen (secondary N) is 1. The number of hydrogen-bond donors (Lipinski definition) is 2. The van der Waals surface area contributed by atoms with Gasteiger partial charge in [0.2, 0.25) is 11.8 Å². The molecule has 2 aromatic rings. The van der Waals surface area contributed by atoms with Crippen molar-refractivity contribution in [2.24, 2.45) is 11.8 Å². The molecule has 3 saturated heterocycles. The molecular weight excluding hydrogens is 690 g/mol. The standard InChI is InChI=1S/C35H39BrClN3O7/c1-4-6-12-27(42)38-19-26(22-10-8-7-9-11-22)46-34(45)28-29-32(43)40(21(3)20-41)31(35(29)18-25(36)30(28)47-35)33(44)39(17-5-2)24-15-13-23(37)14-16-24/h4-5,7-11,13-16,21,25-26,28-31,41H,1-2,6,12,17-20H2,3H3,(H,38,42)/t21-,25?,26-,28+,29-,30+,31+,35-/m1/s1. The van der Waals surface area contributed by atoms with Crippen LogP contribution in [0.2, 0.25) is 5.02 Å². The number of benzene rings is 2. The summed E-state index contributed by atoms with van der Waals surface area (Å²) >= 11 is 9.80. The first kappa shape index (κ1) is 34.8. The molecule has 3 amide bonds. The van der Waals surface area contributed by atoms with Crippen molar-refractivity contribution in [2.75, 3.05) is 24.6 Å². The monoisotopic (exact) mass is 727 g/mol. The zero-order valence-electron chi connectivity index (χ0n) is 26.1. The first-order valence-electron chi connectivity index (χ1n) is 15.6. The normalized spacial score (nSPS) is 27.1. The number of ether oxygens (including phenoxy) is 2. The number of carbonyl (C=O) groups is 4. The van der Waals surface area contributed by atoms with Crippen LogP contribution in [0.3, 0.4) is 0 Å². The minimum absolute atomic E-state index is 0.0257. The van der Waals surface area contributed by atoms with Crippen molar-refractivity contribution in [2.45, 2.75) is 60.9 Å². The predicted molar refractivity (Wildman–Crippen MR) is 181 cm³/mol. The second kappa shape index (κ2) is 14.7. The zero-order chi connectivity index (χ0) is 33.9. The lowest BCUT2D eigenvalue weighted by Gasteiger charge is -2.38. The number of fused-ring (bicyclic) bond motifs is 1. The molecule has 8 atom stereocenters. The molecule has 0 saturated carbocycles. The molecule has 2 N–H and O–H groups in total. The highest BCUT2D eigenvalue weighted by atomic mass is 79.9. The molecule has 10 nitrogen and oxygen atoms in total. The van der Waals surface area contributed by atoms with Gasteiger partial charge < -0.3 is 29.7 Å². The molecular formula is C35H39BrClN3O7. The smallest absolute Gasteiger partial charge is 0.313 e. The van der Waals surface area contributed by atoms with Gasteiger partial charge in [0.15, 0.2) is 0 Å². The number of likely N-dealkylation sites (tertiary alicyclic amines) is 1. The summed E-state index contributed by atoms with van der Waals surface area (Å²) in [5, 5.41) is 13.6. The molecule has 3 fully saturated rings. The number of carbonyl (C=O) groups excluding carboxylic acids is 4. The number of aliphatic hydroxyl groups is 1. The molecule has 5 rings (SSSR count). The maximum absolute atomic E-state index is 14.6. The summed E-state index contributed by atoms with van der Waals surface area (Å²) in [6.07, 6.45) is 2.68. The Kier molecular flexibility index (Phi) is 10.9. The molecule has 0 aliphatic carbocycles. The molecule has 3 aliphatic heterocycles. The maximum atomic E-state index is 14.6. The van der Waals surface area contributed by atoms with E-state index >= 15 is 0 Å². The Hall–Kier alpha value is -3.51. The third kappa shape index (κ3) is 6.63. The Bertz CT molecular complexity index is 1510. The number of rotatable bonds is 14. The number of aliphatic hydroxyl groups excluding tert-OH is 1. The van der Waals surface area contributed by atoms with Gasteiger partial charge in [0.25, 0.3) is 5.91 Å². The average Bonchev–Trinajstić information content (AvgIpc) is 3.67. The van der Waals surface area contributed by atoms with Crippen LogP contribution in [0, 0.1) is 11.8 Å². The van der Waals surface area contributed by atoms with E-state index in [0.29, 0.717) is 22.7 Å². The molecule has 2 aromatic carbocycles. The second-order valence-electron chi connectivity index (χ2n) is 12.1. The van der Waals surface area contributed by atoms with E-state index in [4.69, 9.17) is 21.1 Å². The van der Waals surface area contributed by atoms with Gasteiger partial charge in [-0.3, -0.25) is 19.2 Å². The molecule has 0 radical (unpaired) electrons. The Morgan fingerprint density at radius 3 is 2.53 bits per heavy atom. The fourth-order valence-electron chi connectivity index (χ4n) is 7.04. The van der Waals surface area contributed by atoms with Crippen molar-refractivity contribution in [3.8, 4) is 0 Å². The summed E-state index contributed by atoms with van der Waals surface area (Å²) < 4.78 is 12.7. The summed E-state index contributed by atoms with van der Waals surface area (Å²) in [6.45, 7) is 8.88. The molecule has 12 heteroatoms. The average molecular weight is 729 g/mol. The van der Waals surface area contributed by atoms with E-state index in [1.165, 1.54) is 9.80 Å². The molecule has 1 unspecified atom stereocenters. The number of anilines is 1. The van der Waals surface area contributed by atoms with Crippen LogP contribution in [0.15, 0.2) is 79.9 Å². The van der Waals surface area contributed by atoms with Crippen LogP contribution in [0.4, 0.5) is 5.69 Å². The van der Waals surface area contributed by atoms with E-state index < -0.39 is 66.1 Å². The van der Waals surface area contributed by atoms with Gasteiger partial charge in [-0.1, -0.05) is 70.0 Å². The number of halogens is 2. The van der Waals surface area contributed by atoms with Crippen molar-refractivity contribution in [1.82, 2.24) is 10.2 Å². The number of allylic oxidation sites excluding steroid dienone is 1. The molecule has 47 heavy (non-hydrogen) atoms. The first-order valence-corrected chi connectivity index (χ1v) is 16.9. The predicted octanol–water partition coefficient (Wildman–Crippen LogP) is 4.35. The minimum Gasteiger partial charge on any atom is -0.455 e. The van der Waals surface area contributed by atoms with Gasteiger partial charge in [-0.05, 0) is 49.6 Å². The molecule has 3 heterocycles. The van der Waals surface area contributed by atoms with Crippen LogP contribution in [0.1, 0.15) is 37.9 Å². The zero-order valence-corrected chi connectivity index (χ0v) is 28.4. The van der Waals surface area contributed by atoms with Crippen molar-refractivity contribution in [3.05, 3.63) is 90.5 Å². The van der Waals surface area contributed by atoms with Crippen LogP contribution >= 0.6 is 27.5 Å². The van der Waals surface area contributed by atoms with Crippen molar-refractivity contribution >= 4 is 56.9 Å². The topological polar surface area (TPSA) is 125 Å². The van der Waals surface area contributed by atoms with E-state index in [9.17, 15) is 24.3 Å². The lowest BCUT2D eigenvalue weighted by molar-refractivity contribution is -0.160. The third-order valence-electron chi connectivity index (χ3n) is 9.18. The quantitative estimate of drug-likeness (QED) is 0.168. The van der Waals surface area contributed by atoms with Crippen LogP contribution in [-0.2, 0) is 28.7 Å². The van der Waals surface area contributed by atoms with E-state index in [1.807, 2.05) is 6.07 Å². The minimum atomic E-state index is -1.37. The Labute approximate surface area is 287 Å². The SMILES string of the molecule is C=CCCC(=O)NC[C@@H](OC(=O)[C@@H]1[C@H]2O[C@@]3(CC2Br)[C@H](C(=O)N(CC=C)c2ccc(Cl)cc2)N([C@H](C)CO)C(=O)[C@@H]13)c1ccccc1. The van der Waals surface area contributed by atoms with E-state index in [0.717, 1.165) is 0 Å². The molecule has 0 aromatic heterocycles. The van der Waals surface area contributed by atoms with Gasteiger partial charge in [-0.2, -0.15) is 0 Å². The van der Waals surface area contributed by atoms with Crippen molar-refractivity contribution < 1.29 is 33.8 Å². The Morgan fingerprint density at radius 2 is 1.89 bits per heavy atom. The highest BCUT2D eigenvalue weighted by molar-refractivity contribution is 9.09. The Balaban J connectivity index is 1.49. The van der Waals surface area contributed by atoms with E-state index in [1.54, 1.807) is 67.6 Å². The number of alkyl halides is 1. The van der Waals surface area contributed by atoms with Gasteiger partial charge in [0.1, 0.15) is 17.7 Å². The van der Waals surface area contributed by atoms with E-state index in [2.05, 4.69) is 34.4 Å². The molecule has 250 valence electrons. The fourth-order valence-corrected chi connectivity index (χ4v) is 8.11. The molecule has 2 bridgehead atoms. The largest absolute Gasteiger partial charge is 0.455 e. The van der Waals surface area contributed by atoms with Crippen LogP contribution < -0.4 is 10.2 Å². The Morgan fingerprint density at radius 1 is 1.19 bits per heavy atom. The summed E-state index contributed by atoms with van der Waals surface area (Å²) in [7, 11) is 0. The number of nitrogens with zero attached hydrogens (tertiary/aromatic N) is 2. The lowest BCUT2D eigenvalue weighted by Crippen LogP contribution is -2.58. The molecule has 1 spiro atoms. The van der Waals surface area contributed by atoms with Crippen LogP contribution in [0.5, 0.6) is 0 Å². The van der Waals surface area contributed by atoms with Gasteiger partial charge in [-0.25, -0.2) is 0 Å². The number of hydrogen-bond acceptors (Lipinski definition) is 7. The van der Waals surface area contributed by atoms with Gasteiger partial charge >= 0.3 is 5.97 Å². The maximum Gasteiger partial charge on any atom is 0.313 e. The highest BCUT2D eigenvalue weighted by Crippen LogP contribution is 2.61. The van der Waals surface area contributed by atoms with Gasteiger partial charge in [0, 0.05) is 28.5 Å². The second-order valence-corrected chi connectivity index (χ2v) is 13.7. The number of amides is 3. The highest BCUT2D eigenvalue weighted by Gasteiger charge is 2.77. The van der Waals surface area contributed by atoms with Gasteiger partial charge in [0.05, 0.1) is 37.1 Å². The van der Waals surface area contributed by atoms with Crippen LogP contribution in [0.25, 0.3) is 0 Å². The van der Waals surface area contributed by atoms with Crippen molar-refractivity contribution in [1.29, 1.82) is 0 Å². The van der Waals surface area contributed by atoms with Gasteiger partial charge in [-0.15, -0.1) is 13.2 Å².